The van der Waals surface area contributed by atoms with E-state index in [1.165, 1.54) is 18.2 Å². The van der Waals surface area contributed by atoms with Gasteiger partial charge in [-0.2, -0.15) is 4.99 Å². The second-order valence-electron chi connectivity index (χ2n) is 6.11. The van der Waals surface area contributed by atoms with E-state index in [9.17, 15) is 4.79 Å². The number of amides is 1. The molecule has 2 aliphatic rings. The highest BCUT2D eigenvalue weighted by Gasteiger charge is 2.28. The third kappa shape index (κ3) is 3.59. The molecule has 0 aliphatic carbocycles. The van der Waals surface area contributed by atoms with E-state index in [1.54, 1.807) is 14.2 Å². The number of nitrogens with zero attached hydrogens (tertiary/aromatic N) is 2. The monoisotopic (exact) mass is 346 g/mol. The number of ether oxygens (including phenoxy) is 2. The topological polar surface area (TPSA) is 51.1 Å². The highest BCUT2D eigenvalue weighted by atomic mass is 32.2. The van der Waals surface area contributed by atoms with Gasteiger partial charge in [-0.25, -0.2) is 0 Å². The van der Waals surface area contributed by atoms with Crippen LogP contribution in [-0.2, 0) is 4.79 Å². The molecule has 3 rings (SSSR count). The van der Waals surface area contributed by atoms with E-state index in [-0.39, 0.29) is 5.91 Å². The normalized spacial score (nSPS) is 22.7. The van der Waals surface area contributed by atoms with E-state index in [1.807, 2.05) is 24.3 Å². The van der Waals surface area contributed by atoms with E-state index in [2.05, 4.69) is 16.8 Å². The lowest BCUT2D eigenvalue weighted by atomic mass is 10.0. The molecule has 1 aromatic carbocycles. The van der Waals surface area contributed by atoms with Crippen molar-refractivity contribution in [3.63, 3.8) is 0 Å². The number of amidine groups is 1. The molecule has 6 heteroatoms. The molecular formula is C18H22N2O3S. The lowest BCUT2D eigenvalue weighted by molar-refractivity contribution is -0.113. The van der Waals surface area contributed by atoms with Crippen molar-refractivity contribution in [1.82, 2.24) is 4.90 Å². The number of methoxy groups -OCH3 is 2. The van der Waals surface area contributed by atoms with Gasteiger partial charge in [-0.05, 0) is 48.7 Å². The summed E-state index contributed by atoms with van der Waals surface area (Å²) in [4.78, 5) is 19.4. The number of rotatable bonds is 3. The van der Waals surface area contributed by atoms with Crippen LogP contribution in [0.2, 0.25) is 0 Å². The lowest BCUT2D eigenvalue weighted by Crippen LogP contribution is -2.37. The highest BCUT2D eigenvalue weighted by Crippen LogP contribution is 2.34. The largest absolute Gasteiger partial charge is 0.497 e. The Morgan fingerprint density at radius 1 is 1.33 bits per heavy atom. The maximum Gasteiger partial charge on any atom is 0.286 e. The fourth-order valence-electron chi connectivity index (χ4n) is 2.98. The van der Waals surface area contributed by atoms with Crippen LogP contribution in [0.25, 0.3) is 6.08 Å². The van der Waals surface area contributed by atoms with Gasteiger partial charge in [0.2, 0.25) is 0 Å². The lowest BCUT2D eigenvalue weighted by Gasteiger charge is -2.31. The van der Waals surface area contributed by atoms with Crippen molar-refractivity contribution >= 4 is 28.9 Å². The van der Waals surface area contributed by atoms with Crippen molar-refractivity contribution in [3.05, 3.63) is 28.7 Å². The molecule has 1 fully saturated rings. The second-order valence-corrected chi connectivity index (χ2v) is 7.12. The number of carbonyl (C=O) groups is 1. The zero-order chi connectivity index (χ0) is 17.1. The summed E-state index contributed by atoms with van der Waals surface area (Å²) in [6.07, 6.45) is 4.24. The molecule has 2 aliphatic heterocycles. The van der Waals surface area contributed by atoms with Crippen LogP contribution >= 0.6 is 11.8 Å². The number of likely N-dealkylation sites (tertiary alicyclic amines) is 1. The molecule has 0 bridgehead atoms. The predicted molar refractivity (Wildman–Crippen MR) is 97.5 cm³/mol. The fraction of sp³-hybridized carbons (Fsp3) is 0.444. The van der Waals surface area contributed by atoms with Gasteiger partial charge in [0.05, 0.1) is 19.1 Å². The Morgan fingerprint density at radius 3 is 2.88 bits per heavy atom. The maximum absolute atomic E-state index is 12.3. The van der Waals surface area contributed by atoms with Gasteiger partial charge in [-0.15, -0.1) is 0 Å². The molecule has 0 radical (unpaired) electrons. The minimum Gasteiger partial charge on any atom is -0.497 e. The molecule has 1 saturated heterocycles. The molecular weight excluding hydrogens is 324 g/mol. The van der Waals surface area contributed by atoms with Gasteiger partial charge < -0.3 is 14.4 Å². The van der Waals surface area contributed by atoms with Crippen LogP contribution < -0.4 is 9.47 Å². The van der Waals surface area contributed by atoms with Gasteiger partial charge in [-0.3, -0.25) is 4.79 Å². The van der Waals surface area contributed by atoms with Crippen LogP contribution in [0.15, 0.2) is 28.1 Å². The summed E-state index contributed by atoms with van der Waals surface area (Å²) < 4.78 is 10.6. The molecule has 0 unspecified atom stereocenters. The van der Waals surface area contributed by atoms with Crippen LogP contribution in [0.5, 0.6) is 11.5 Å². The molecule has 1 amide bonds. The Bertz CT molecular complexity index is 700. The van der Waals surface area contributed by atoms with Crippen molar-refractivity contribution in [2.75, 3.05) is 27.3 Å². The van der Waals surface area contributed by atoms with E-state index in [4.69, 9.17) is 9.47 Å². The Hall–Kier alpha value is -1.95. The zero-order valence-electron chi connectivity index (χ0n) is 14.2. The Balaban J connectivity index is 1.79. The van der Waals surface area contributed by atoms with Crippen LogP contribution in [-0.4, -0.2) is 43.3 Å². The number of benzene rings is 1. The number of hydrogen-bond acceptors (Lipinski definition) is 5. The first kappa shape index (κ1) is 16.9. The first-order valence-electron chi connectivity index (χ1n) is 8.10. The fourth-order valence-corrected chi connectivity index (χ4v) is 3.91. The summed E-state index contributed by atoms with van der Waals surface area (Å²) in [6.45, 7) is 4.19. The first-order chi connectivity index (χ1) is 11.6. The second kappa shape index (κ2) is 7.30. The molecule has 0 saturated carbocycles. The number of carbonyl (C=O) groups excluding carboxylic acids is 1. The molecule has 2 heterocycles. The van der Waals surface area contributed by atoms with Gasteiger partial charge in [0.1, 0.15) is 11.5 Å². The smallest absolute Gasteiger partial charge is 0.286 e. The summed E-state index contributed by atoms with van der Waals surface area (Å²) in [5.41, 5.74) is 0.845. The van der Waals surface area contributed by atoms with Gasteiger partial charge >= 0.3 is 0 Å². The van der Waals surface area contributed by atoms with Crippen LogP contribution in [0.4, 0.5) is 0 Å². The average Bonchev–Trinajstić information content (AvgIpc) is 2.96. The first-order valence-corrected chi connectivity index (χ1v) is 8.92. The van der Waals surface area contributed by atoms with Crippen molar-refractivity contribution in [1.29, 1.82) is 0 Å². The molecule has 128 valence electrons. The van der Waals surface area contributed by atoms with Gasteiger partial charge in [0.15, 0.2) is 5.17 Å². The van der Waals surface area contributed by atoms with E-state index >= 15 is 0 Å². The number of aliphatic imine (C=N–C) groups is 1. The molecule has 0 N–H and O–H groups in total. The van der Waals surface area contributed by atoms with Gasteiger partial charge in [0, 0.05) is 24.7 Å². The molecule has 1 atom stereocenters. The molecule has 0 aromatic heterocycles. The predicted octanol–water partition coefficient (Wildman–Crippen LogP) is 3.41. The molecule has 0 spiro atoms. The van der Waals surface area contributed by atoms with E-state index < -0.39 is 0 Å². The summed E-state index contributed by atoms with van der Waals surface area (Å²) >= 11 is 1.45. The van der Waals surface area contributed by atoms with Crippen molar-refractivity contribution in [3.8, 4) is 11.5 Å². The van der Waals surface area contributed by atoms with Gasteiger partial charge in [0.25, 0.3) is 5.91 Å². The molecule has 5 nitrogen and oxygen atoms in total. The number of thioether (sulfide) groups is 1. The van der Waals surface area contributed by atoms with Crippen molar-refractivity contribution in [2.45, 2.75) is 19.8 Å². The highest BCUT2D eigenvalue weighted by molar-refractivity contribution is 8.18. The minimum atomic E-state index is -0.175. The Morgan fingerprint density at radius 2 is 2.17 bits per heavy atom. The van der Waals surface area contributed by atoms with E-state index in [0.29, 0.717) is 16.6 Å². The Kier molecular flexibility index (Phi) is 5.14. The zero-order valence-corrected chi connectivity index (χ0v) is 15.1. The summed E-state index contributed by atoms with van der Waals surface area (Å²) in [6, 6.07) is 5.55. The van der Waals surface area contributed by atoms with Crippen molar-refractivity contribution < 1.29 is 14.3 Å². The average molecular weight is 346 g/mol. The summed E-state index contributed by atoms with van der Waals surface area (Å²) in [7, 11) is 3.22. The van der Waals surface area contributed by atoms with Gasteiger partial charge in [-0.1, -0.05) is 6.92 Å². The SMILES string of the molecule is COc1ccc(/C=C2/SC(N3CCC[C@@H](C)C3)=NC2=O)c(OC)c1. The standard InChI is InChI=1S/C18H22N2O3S/c1-12-5-4-8-20(11-12)18-19-17(21)16(24-18)9-13-6-7-14(22-2)10-15(13)23-3/h6-7,9-10,12H,4-5,8,11H2,1-3H3/b16-9+/t12-/m1/s1. The summed E-state index contributed by atoms with van der Waals surface area (Å²) in [5, 5.41) is 0.824. The van der Waals surface area contributed by atoms with Crippen LogP contribution in [0.3, 0.4) is 0 Å². The third-order valence-electron chi connectivity index (χ3n) is 4.26. The number of hydrogen-bond donors (Lipinski definition) is 0. The quantitative estimate of drug-likeness (QED) is 0.785. The number of piperidine rings is 1. The third-order valence-corrected chi connectivity index (χ3v) is 5.31. The molecule has 1 aromatic rings. The Labute approximate surface area is 146 Å². The minimum absolute atomic E-state index is 0.175. The van der Waals surface area contributed by atoms with Crippen molar-refractivity contribution in [2.24, 2.45) is 10.9 Å². The maximum atomic E-state index is 12.3. The molecule has 24 heavy (non-hydrogen) atoms. The van der Waals surface area contributed by atoms with E-state index in [0.717, 1.165) is 36.0 Å². The summed E-state index contributed by atoms with van der Waals surface area (Å²) in [5.74, 6) is 1.87. The van der Waals surface area contributed by atoms with Crippen LogP contribution in [0, 0.1) is 5.92 Å². The van der Waals surface area contributed by atoms with Crippen LogP contribution in [0.1, 0.15) is 25.3 Å².